The van der Waals surface area contributed by atoms with Crippen LogP contribution in [-0.2, 0) is 69.4 Å². The van der Waals surface area contributed by atoms with Gasteiger partial charge in [-0.25, -0.2) is 4.68 Å². The van der Waals surface area contributed by atoms with Crippen LogP contribution >= 0.6 is 127 Å². The summed E-state index contributed by atoms with van der Waals surface area (Å²) in [6.45, 7) is 0.104. The van der Waals surface area contributed by atoms with E-state index in [2.05, 4.69) is 31.6 Å². The zero-order valence-electron chi connectivity index (χ0n) is 67.4. The van der Waals surface area contributed by atoms with Crippen molar-refractivity contribution in [3.8, 4) is 23.0 Å². The number of hydrogen-bond donors (Lipinski definition) is 5. The number of nitrogens with zero attached hydrogens (tertiary/aromatic N) is 7. The molecular formula is C89H82Cl7N11O14S4. The van der Waals surface area contributed by atoms with E-state index < -0.39 is 54.4 Å². The number of alkyl halides is 2. The molecule has 36 heteroatoms. The monoisotopic (exact) mass is 1900 g/mol. The minimum atomic E-state index is -0.975. The Bertz CT molecular complexity index is 5740. The summed E-state index contributed by atoms with van der Waals surface area (Å²) in [5, 5.41) is 36.2. The molecule has 8 amide bonds. The van der Waals surface area contributed by atoms with Crippen LogP contribution in [0.25, 0.3) is 11.0 Å². The van der Waals surface area contributed by atoms with Crippen LogP contribution in [0.1, 0.15) is 60.4 Å². The van der Waals surface area contributed by atoms with Gasteiger partial charge in [0.2, 0.25) is 35.4 Å². The van der Waals surface area contributed by atoms with Gasteiger partial charge in [0.25, 0.3) is 11.8 Å². The summed E-state index contributed by atoms with van der Waals surface area (Å²) < 4.78 is 28.0. The molecule has 25 nitrogen and oxygen atoms in total. The molecule has 4 atom stereocenters. The third kappa shape index (κ3) is 25.8. The van der Waals surface area contributed by atoms with E-state index in [1.54, 1.807) is 108 Å². The number of aliphatic hydroxyl groups excluding tert-OH is 1. The number of rotatable bonds is 33. The smallest absolute Gasteiger partial charge is 0.254 e. The number of thiophene rings is 4. The second-order valence-electron chi connectivity index (χ2n) is 26.4. The molecule has 0 saturated carbocycles. The van der Waals surface area contributed by atoms with Gasteiger partial charge < -0.3 is 50.1 Å². The summed E-state index contributed by atoms with van der Waals surface area (Å²) in [6.07, 6.45) is 0. The summed E-state index contributed by atoms with van der Waals surface area (Å²) in [5.74, 6) is -2.12. The third-order valence-electron chi connectivity index (χ3n) is 18.4. The zero-order chi connectivity index (χ0) is 89.5. The van der Waals surface area contributed by atoms with E-state index in [0.29, 0.717) is 110 Å². The van der Waals surface area contributed by atoms with Gasteiger partial charge in [-0.05, 0) is 148 Å². The van der Waals surface area contributed by atoms with Gasteiger partial charge in [-0.15, -0.1) is 73.6 Å². The fourth-order valence-corrected chi connectivity index (χ4v) is 17.5. The first-order valence-corrected chi connectivity index (χ1v) is 44.2. The predicted octanol–water partition coefficient (Wildman–Crippen LogP) is 18.2. The maximum Gasteiger partial charge on any atom is 0.254 e. The van der Waals surface area contributed by atoms with E-state index in [1.165, 1.54) is 100 Å². The Morgan fingerprint density at radius 2 is 0.728 bits per heavy atom. The Morgan fingerprint density at radius 1 is 0.392 bits per heavy atom. The molecule has 0 saturated heterocycles. The van der Waals surface area contributed by atoms with Crippen LogP contribution in [0.3, 0.4) is 0 Å². The highest BCUT2D eigenvalue weighted by Crippen LogP contribution is 2.42. The maximum atomic E-state index is 13.5. The molecule has 650 valence electrons. The lowest BCUT2D eigenvalue weighted by atomic mass is 10.1. The quantitative estimate of drug-likeness (QED) is 0.0239. The summed E-state index contributed by atoms with van der Waals surface area (Å²) in [7, 11) is 7.43. The Labute approximate surface area is 771 Å². The van der Waals surface area contributed by atoms with Crippen molar-refractivity contribution >= 4 is 208 Å². The number of amides is 8. The summed E-state index contributed by atoms with van der Waals surface area (Å²) in [5.41, 5.74) is 6.02. The topological polar surface area (TPSA) is 295 Å². The van der Waals surface area contributed by atoms with Crippen molar-refractivity contribution in [1.29, 1.82) is 0 Å². The van der Waals surface area contributed by atoms with E-state index in [4.69, 9.17) is 105 Å². The van der Waals surface area contributed by atoms with Crippen molar-refractivity contribution in [3.63, 3.8) is 0 Å². The average molecular weight is 1910 g/mol. The number of para-hydroxylation sites is 1. The van der Waals surface area contributed by atoms with Gasteiger partial charge in [0.1, 0.15) is 84.3 Å². The highest BCUT2D eigenvalue weighted by atomic mass is 35.5. The standard InChI is InChI=1S/C23H23ClN2O4S.C22H19Cl3N2O3S.C22H19Cl2N5O3S.C22H21ClN2O4S/c1-29-15-21(27)26(17-10-11-19(30-2)18(24)13-17)22(20-9-6-12-31-20)23(28)25-14-16-7-4-3-5-8-16;1-30-17-8-7-15(11-16(17)24)27(20(28)12-23)21(18-9-10-19(25)31-18)22(29)26-13-14-5-3-2-4-6-14;1-32-18-9-8-14(11-15(18)24)29(20(30)12-23)21(19-7-4-10-33-19)22(31)25-13-28-17-6-3-2-5-16(17)26-27-28;1-29-18-10-9-16(12-17(18)23)25(20(27)14-26)21(19-8-5-11-30-19)22(28)24-13-15-6-3-2-4-7-15/h3-13,22H,14-15H2,1-2H3,(H,25,28);2-11,21H,12-13H2,1H3,(H,26,29);2-11,21H,12-13H2,1H3,(H,25,31);2-12,21,26H,13-14H2,1H3,(H,24,28). The number of aromatic nitrogens is 3. The van der Waals surface area contributed by atoms with E-state index in [-0.39, 0.29) is 48.7 Å². The Balaban J connectivity index is 0.000000174. The number of hydrogen-bond acceptors (Lipinski definition) is 20. The number of ether oxygens (including phenoxy) is 5. The van der Waals surface area contributed by atoms with Crippen molar-refractivity contribution < 1.29 is 67.1 Å². The molecule has 0 radical (unpaired) electrons. The minimum Gasteiger partial charge on any atom is -0.495 e. The van der Waals surface area contributed by atoms with Crippen LogP contribution in [0.15, 0.2) is 253 Å². The number of benzene rings is 8. The van der Waals surface area contributed by atoms with Crippen molar-refractivity contribution in [1.82, 2.24) is 36.3 Å². The number of halogens is 7. The molecule has 13 rings (SSSR count). The molecule has 0 aliphatic heterocycles. The first-order valence-electron chi connectivity index (χ1n) is 37.8. The van der Waals surface area contributed by atoms with Gasteiger partial charge in [-0.2, -0.15) is 0 Å². The molecule has 0 bridgehead atoms. The summed E-state index contributed by atoms with van der Waals surface area (Å²) in [6, 6.07) is 66.0. The largest absolute Gasteiger partial charge is 0.495 e. The van der Waals surface area contributed by atoms with E-state index >= 15 is 0 Å². The molecule has 0 fully saturated rings. The highest BCUT2D eigenvalue weighted by Gasteiger charge is 2.39. The van der Waals surface area contributed by atoms with Gasteiger partial charge in [-0.3, -0.25) is 58.0 Å². The number of carbonyl (C=O) groups excluding carboxylic acids is 8. The van der Waals surface area contributed by atoms with E-state index in [1.807, 2.05) is 150 Å². The lowest BCUT2D eigenvalue weighted by molar-refractivity contribution is -0.128. The van der Waals surface area contributed by atoms with Crippen LogP contribution in [-0.4, -0.2) is 128 Å². The second kappa shape index (κ2) is 48.4. The molecule has 4 unspecified atom stereocenters. The normalized spacial score (nSPS) is 11.7. The van der Waals surface area contributed by atoms with Gasteiger partial charge in [0.15, 0.2) is 0 Å². The predicted molar refractivity (Wildman–Crippen MR) is 496 cm³/mol. The number of aliphatic hydroxyl groups is 1. The van der Waals surface area contributed by atoms with Crippen molar-refractivity contribution in [2.75, 3.05) is 80.1 Å². The fraction of sp³-hybridized carbons (Fsp3) is 0.191. The molecule has 0 spiro atoms. The molecular weight excluding hydrogens is 1820 g/mol. The minimum absolute atomic E-state index is 0.0769. The van der Waals surface area contributed by atoms with Gasteiger partial charge in [0.05, 0.1) is 58.4 Å². The number of fused-ring (bicyclic) bond motifs is 1. The van der Waals surface area contributed by atoms with Crippen molar-refractivity contribution in [2.24, 2.45) is 0 Å². The van der Waals surface area contributed by atoms with Crippen LogP contribution < -0.4 is 59.8 Å². The average Bonchev–Trinajstić information content (AvgIpc) is 1.13. The number of anilines is 4. The van der Waals surface area contributed by atoms with Gasteiger partial charge in [0, 0.05) is 69.0 Å². The van der Waals surface area contributed by atoms with Crippen LogP contribution in [0.5, 0.6) is 23.0 Å². The first-order chi connectivity index (χ1) is 60.6. The number of nitrogens with one attached hydrogen (secondary N) is 4. The Morgan fingerprint density at radius 3 is 1.04 bits per heavy atom. The molecule has 8 aromatic carbocycles. The molecule has 0 aliphatic carbocycles. The van der Waals surface area contributed by atoms with Crippen LogP contribution in [0, 0.1) is 0 Å². The SMILES string of the molecule is COCC(=O)N(c1ccc(OC)c(Cl)c1)C(C(=O)NCc1ccccc1)c1cccs1.COc1ccc(N(C(=O)CCl)C(C(=O)NCc2ccccc2)c2ccc(Cl)s2)cc1Cl.COc1ccc(N(C(=O)CCl)C(C(=O)NCn2nnc3ccccc32)c2cccs2)cc1Cl.COc1ccc(N(C(=O)CO)C(C(=O)NCc2ccccc2)c2cccs2)cc1Cl. The lowest BCUT2D eigenvalue weighted by Gasteiger charge is -2.30. The molecule has 5 heterocycles. The molecule has 5 N–H and O–H groups in total. The lowest BCUT2D eigenvalue weighted by Crippen LogP contribution is -2.44. The van der Waals surface area contributed by atoms with Crippen LogP contribution in [0.2, 0.25) is 24.4 Å². The Kier molecular flexibility index (Phi) is 37.2. The molecule has 5 aromatic heterocycles. The first kappa shape index (κ1) is 96.1. The van der Waals surface area contributed by atoms with Crippen molar-refractivity contribution in [3.05, 3.63) is 313 Å². The maximum absolute atomic E-state index is 13.5. The molecule has 125 heavy (non-hydrogen) atoms. The van der Waals surface area contributed by atoms with Gasteiger partial charge in [-0.1, -0.05) is 185 Å². The number of carbonyl (C=O) groups is 8. The third-order valence-corrected chi connectivity index (χ3v) is 24.1. The number of methoxy groups -OCH3 is 5. The Hall–Kier alpha value is -11.1. The van der Waals surface area contributed by atoms with E-state index in [0.717, 1.165) is 27.1 Å². The second-order valence-corrected chi connectivity index (χ2v) is 33.2. The van der Waals surface area contributed by atoms with Crippen LogP contribution in [0.4, 0.5) is 22.7 Å². The van der Waals surface area contributed by atoms with E-state index in [9.17, 15) is 43.5 Å². The summed E-state index contributed by atoms with van der Waals surface area (Å²) >= 11 is 48.4. The highest BCUT2D eigenvalue weighted by molar-refractivity contribution is 7.16. The molecule has 0 aliphatic rings. The fourth-order valence-electron chi connectivity index (χ4n) is 12.6. The van der Waals surface area contributed by atoms with Gasteiger partial charge >= 0.3 is 0 Å². The zero-order valence-corrected chi connectivity index (χ0v) is 75.9. The molecule has 13 aromatic rings. The van der Waals surface area contributed by atoms with Crippen molar-refractivity contribution in [2.45, 2.75) is 50.5 Å². The summed E-state index contributed by atoms with van der Waals surface area (Å²) in [4.78, 5) is 113.